The third-order valence-electron chi connectivity index (χ3n) is 3.27. The van der Waals surface area contributed by atoms with Gasteiger partial charge in [-0.2, -0.15) is 18.3 Å². The smallest absolute Gasteiger partial charge is 0.435 e. The van der Waals surface area contributed by atoms with Crippen LogP contribution in [0.5, 0.6) is 0 Å². The Bertz CT molecular complexity index is 576. The minimum atomic E-state index is -4.74. The van der Waals surface area contributed by atoms with Crippen LogP contribution in [-0.2, 0) is 17.5 Å². The molecule has 5 nitrogen and oxygen atoms in total. The van der Waals surface area contributed by atoms with E-state index in [1.807, 2.05) is 0 Å². The molecule has 0 radical (unpaired) electrons. The lowest BCUT2D eigenvalue weighted by molar-refractivity contribution is -0.143. The van der Waals surface area contributed by atoms with E-state index in [9.17, 15) is 22.8 Å². The summed E-state index contributed by atoms with van der Waals surface area (Å²) in [7, 11) is 0. The van der Waals surface area contributed by atoms with E-state index in [1.165, 1.54) is 0 Å². The van der Waals surface area contributed by atoms with Crippen molar-refractivity contribution >= 4 is 11.8 Å². The third-order valence-corrected chi connectivity index (χ3v) is 3.27. The van der Waals surface area contributed by atoms with E-state index in [2.05, 4.69) is 5.10 Å². The summed E-state index contributed by atoms with van der Waals surface area (Å²) >= 11 is 0. The quantitative estimate of drug-likeness (QED) is 0.869. The molecule has 1 fully saturated rings. The first-order valence-electron chi connectivity index (χ1n) is 5.24. The van der Waals surface area contributed by atoms with Gasteiger partial charge in [-0.15, -0.1) is 0 Å². The van der Waals surface area contributed by atoms with Gasteiger partial charge in [0.05, 0.1) is 11.3 Å². The van der Waals surface area contributed by atoms with E-state index >= 15 is 0 Å². The fraction of sp³-hybridized carbons (Fsp3) is 0.500. The van der Waals surface area contributed by atoms with Gasteiger partial charge in [0.15, 0.2) is 11.5 Å². The highest BCUT2D eigenvalue weighted by Crippen LogP contribution is 2.57. The molecule has 1 saturated carbocycles. The highest BCUT2D eigenvalue weighted by molar-refractivity contribution is 6.06. The van der Waals surface area contributed by atoms with E-state index in [4.69, 9.17) is 5.11 Å². The van der Waals surface area contributed by atoms with Crippen LogP contribution >= 0.6 is 0 Å². The number of hydrogen-bond acceptors (Lipinski definition) is 3. The minimum Gasteiger partial charge on any atom is -0.480 e. The number of aliphatic carboxylic acids is 1. The van der Waals surface area contributed by atoms with Crippen molar-refractivity contribution in [1.82, 2.24) is 9.78 Å². The van der Waals surface area contributed by atoms with Crippen LogP contribution in [0, 0.1) is 5.92 Å². The van der Waals surface area contributed by atoms with E-state index in [1.54, 1.807) is 0 Å². The number of rotatable bonds is 2. The van der Waals surface area contributed by atoms with E-state index in [0.29, 0.717) is 6.42 Å². The molecule has 1 N–H and O–H groups in total. The second kappa shape index (κ2) is 3.12. The van der Waals surface area contributed by atoms with Crippen molar-refractivity contribution in [2.24, 2.45) is 5.92 Å². The van der Waals surface area contributed by atoms with E-state index in [0.717, 1.165) is 4.68 Å². The molecule has 0 amide bonds. The average Bonchev–Trinajstić information content (AvgIpc) is 2.83. The van der Waals surface area contributed by atoms with E-state index < -0.39 is 41.6 Å². The summed E-state index contributed by atoms with van der Waals surface area (Å²) in [5.74, 6) is -2.53. The van der Waals surface area contributed by atoms with Gasteiger partial charge in [0, 0.05) is 11.8 Å². The average molecular weight is 260 g/mol. The fourth-order valence-electron chi connectivity index (χ4n) is 2.51. The number of fused-ring (bicyclic) bond motifs is 3. The summed E-state index contributed by atoms with van der Waals surface area (Å²) in [4.78, 5) is 22.3. The Balaban J connectivity index is 2.16. The number of hydrogen-bond donors (Lipinski definition) is 1. The van der Waals surface area contributed by atoms with Crippen molar-refractivity contribution in [1.29, 1.82) is 0 Å². The molecule has 0 bridgehead atoms. The highest BCUT2D eigenvalue weighted by atomic mass is 19.4. The van der Waals surface area contributed by atoms with Crippen LogP contribution in [0.4, 0.5) is 13.2 Å². The number of halogens is 3. The number of carbonyl (C=O) groups is 2. The third kappa shape index (κ3) is 1.37. The number of aromatic nitrogens is 2. The number of Topliss-reactive ketones (excluding diaryl/α,β-unsaturated/α-hetero) is 1. The van der Waals surface area contributed by atoms with Gasteiger partial charge in [0.2, 0.25) is 0 Å². The summed E-state index contributed by atoms with van der Waals surface area (Å²) in [5.41, 5.74) is -1.54. The largest absolute Gasteiger partial charge is 0.480 e. The molecule has 96 valence electrons. The van der Waals surface area contributed by atoms with Crippen LogP contribution in [0.25, 0.3) is 0 Å². The number of alkyl halides is 3. The Morgan fingerprint density at radius 1 is 1.44 bits per heavy atom. The zero-order valence-electron chi connectivity index (χ0n) is 8.86. The topological polar surface area (TPSA) is 72.2 Å². The molecule has 0 aliphatic heterocycles. The monoisotopic (exact) mass is 260 g/mol. The maximum Gasteiger partial charge on any atom is 0.435 e. The number of ketones is 1. The van der Waals surface area contributed by atoms with Gasteiger partial charge in [0.25, 0.3) is 0 Å². The standard InChI is InChI=1S/C10H7F3N2O3/c11-10(12,13)9-6-7(3-1-4(3)8(6)18)15(14-9)2-5(16)17/h3-4H,1-2H2,(H,16,17)/t3-,4?/m1/s1. The Labute approximate surface area is 98.2 Å². The minimum absolute atomic E-state index is 0.139. The molecule has 1 aromatic heterocycles. The molecule has 0 saturated heterocycles. The molecule has 8 heteroatoms. The van der Waals surface area contributed by atoms with Crippen molar-refractivity contribution in [2.45, 2.75) is 25.1 Å². The molecule has 18 heavy (non-hydrogen) atoms. The molecular weight excluding hydrogens is 253 g/mol. The lowest BCUT2D eigenvalue weighted by Gasteiger charge is -2.03. The summed E-state index contributed by atoms with van der Waals surface area (Å²) in [6, 6.07) is 0. The molecule has 1 unspecified atom stereocenters. The van der Waals surface area contributed by atoms with Crippen molar-refractivity contribution in [3.63, 3.8) is 0 Å². The normalized spacial score (nSPS) is 24.9. The maximum atomic E-state index is 12.7. The molecule has 2 aliphatic rings. The summed E-state index contributed by atoms with van der Waals surface area (Å²) < 4.78 is 39.0. The van der Waals surface area contributed by atoms with Crippen LogP contribution in [0.1, 0.15) is 34.1 Å². The summed E-state index contributed by atoms with van der Waals surface area (Å²) in [6.07, 6.45) is -4.24. The van der Waals surface area contributed by atoms with Gasteiger partial charge in [-0.1, -0.05) is 0 Å². The van der Waals surface area contributed by atoms with Gasteiger partial charge in [-0.05, 0) is 6.42 Å². The second-order valence-corrected chi connectivity index (χ2v) is 4.47. The van der Waals surface area contributed by atoms with Crippen LogP contribution in [0.3, 0.4) is 0 Å². The van der Waals surface area contributed by atoms with Crippen molar-refractivity contribution in [3.05, 3.63) is 17.0 Å². The molecule has 3 rings (SSSR count). The number of carboxylic acid groups (broad SMARTS) is 1. The van der Waals surface area contributed by atoms with Crippen molar-refractivity contribution < 1.29 is 27.9 Å². The summed E-state index contributed by atoms with van der Waals surface area (Å²) in [5, 5.41) is 11.9. The Kier molecular flexibility index (Phi) is 1.95. The second-order valence-electron chi connectivity index (χ2n) is 4.47. The van der Waals surface area contributed by atoms with Crippen molar-refractivity contribution in [2.75, 3.05) is 0 Å². The van der Waals surface area contributed by atoms with Crippen LogP contribution < -0.4 is 0 Å². The van der Waals surface area contributed by atoms with Gasteiger partial charge in [0.1, 0.15) is 6.54 Å². The lowest BCUT2D eigenvalue weighted by Crippen LogP contribution is -2.15. The number of nitrogens with zero attached hydrogens (tertiary/aromatic N) is 2. The first kappa shape index (κ1) is 11.2. The van der Waals surface area contributed by atoms with Crippen LogP contribution in [-0.4, -0.2) is 26.6 Å². The predicted octanol–water partition coefficient (Wildman–Crippen LogP) is 1.29. The van der Waals surface area contributed by atoms with E-state index in [-0.39, 0.29) is 11.6 Å². The Morgan fingerprint density at radius 3 is 2.67 bits per heavy atom. The summed E-state index contributed by atoms with van der Waals surface area (Å²) in [6.45, 7) is -0.658. The maximum absolute atomic E-state index is 12.7. The highest BCUT2D eigenvalue weighted by Gasteiger charge is 2.58. The SMILES string of the molecule is O=C(O)Cn1nc(C(F)(F)F)c2c1[C@@H]1CC1C2=O. The first-order valence-corrected chi connectivity index (χ1v) is 5.24. The lowest BCUT2D eigenvalue weighted by atomic mass is 10.1. The molecule has 2 atom stereocenters. The molecular formula is C10H7F3N2O3. The molecule has 2 aliphatic carbocycles. The van der Waals surface area contributed by atoms with Gasteiger partial charge in [-0.25, -0.2) is 0 Å². The fourth-order valence-corrected chi connectivity index (χ4v) is 2.51. The molecule has 1 aromatic rings. The zero-order valence-corrected chi connectivity index (χ0v) is 8.86. The number of carboxylic acids is 1. The molecule has 1 heterocycles. The zero-order chi connectivity index (χ0) is 13.2. The predicted molar refractivity (Wildman–Crippen MR) is 50.0 cm³/mol. The van der Waals surface area contributed by atoms with Gasteiger partial charge in [-0.3, -0.25) is 14.3 Å². The Morgan fingerprint density at radius 2 is 2.11 bits per heavy atom. The van der Waals surface area contributed by atoms with Crippen LogP contribution in [0.15, 0.2) is 0 Å². The van der Waals surface area contributed by atoms with Gasteiger partial charge >= 0.3 is 12.1 Å². The van der Waals surface area contributed by atoms with Crippen LogP contribution in [0.2, 0.25) is 0 Å². The molecule has 0 spiro atoms. The first-order chi connectivity index (χ1) is 8.30. The van der Waals surface area contributed by atoms with Crippen molar-refractivity contribution in [3.8, 4) is 0 Å². The van der Waals surface area contributed by atoms with Gasteiger partial charge < -0.3 is 5.11 Å². The number of carbonyl (C=O) groups excluding carboxylic acids is 1. The Hall–Kier alpha value is -1.86. The molecule has 0 aromatic carbocycles.